The first-order chi connectivity index (χ1) is 11.2. The predicted molar refractivity (Wildman–Crippen MR) is 107 cm³/mol. The van der Waals surface area contributed by atoms with Gasteiger partial charge in [-0.25, -0.2) is 0 Å². The van der Waals surface area contributed by atoms with E-state index in [-0.39, 0.29) is 18.6 Å². The van der Waals surface area contributed by atoms with Crippen LogP contribution in [0.25, 0.3) is 0 Å². The number of aldehydes is 1. The maximum absolute atomic E-state index is 10.3. The highest BCUT2D eigenvalue weighted by molar-refractivity contribution is 5.85. The molecule has 0 amide bonds. The third-order valence-corrected chi connectivity index (χ3v) is 4.41. The van der Waals surface area contributed by atoms with Crippen molar-refractivity contribution in [2.24, 2.45) is 0 Å². The van der Waals surface area contributed by atoms with Crippen LogP contribution in [-0.2, 0) is 9.53 Å². The molecule has 1 unspecified atom stereocenters. The molecule has 0 radical (unpaired) electrons. The second kappa shape index (κ2) is 20.9. The van der Waals surface area contributed by atoms with Crippen LogP contribution in [-0.4, -0.2) is 38.1 Å². The zero-order valence-electron chi connectivity index (χ0n) is 16.4. The fraction of sp³-hybridized carbons (Fsp3) is 0.950. The zero-order valence-corrected chi connectivity index (χ0v) is 17.2. The largest absolute Gasteiger partial charge is 0.363 e. The van der Waals surface area contributed by atoms with E-state index in [0.29, 0.717) is 6.42 Å². The molecule has 0 aliphatic rings. The minimum absolute atomic E-state index is 0. The topological polar surface area (TPSA) is 29.5 Å². The lowest BCUT2D eigenvalue weighted by Gasteiger charge is -2.24. The SMILES string of the molecule is CCCCCCCCCCCCOC(CCCCC=O)N(C)C.Cl. The molecule has 0 aromatic heterocycles. The van der Waals surface area contributed by atoms with Gasteiger partial charge < -0.3 is 9.53 Å². The molecule has 24 heavy (non-hydrogen) atoms. The minimum atomic E-state index is 0. The number of unbranched alkanes of at least 4 members (excludes halogenated alkanes) is 11. The van der Waals surface area contributed by atoms with Crippen LogP contribution < -0.4 is 0 Å². The molecule has 3 nitrogen and oxygen atoms in total. The first-order valence-corrected chi connectivity index (χ1v) is 9.94. The van der Waals surface area contributed by atoms with Crippen molar-refractivity contribution in [3.8, 4) is 0 Å². The molecule has 0 heterocycles. The summed E-state index contributed by atoms with van der Waals surface area (Å²) in [6.07, 6.45) is 18.6. The maximum Gasteiger partial charge on any atom is 0.119 e. The summed E-state index contributed by atoms with van der Waals surface area (Å²) in [5.41, 5.74) is 0. The third-order valence-electron chi connectivity index (χ3n) is 4.41. The molecule has 0 aromatic rings. The Kier molecular flexibility index (Phi) is 22.8. The Morgan fingerprint density at radius 3 is 1.88 bits per heavy atom. The fourth-order valence-electron chi connectivity index (χ4n) is 2.85. The van der Waals surface area contributed by atoms with E-state index in [1.54, 1.807) is 0 Å². The second-order valence-electron chi connectivity index (χ2n) is 6.92. The Morgan fingerprint density at radius 2 is 1.38 bits per heavy atom. The van der Waals surface area contributed by atoms with E-state index >= 15 is 0 Å². The van der Waals surface area contributed by atoms with Crippen LogP contribution in [0.1, 0.15) is 96.8 Å². The number of hydrogen-bond acceptors (Lipinski definition) is 3. The fourth-order valence-corrected chi connectivity index (χ4v) is 2.85. The highest BCUT2D eigenvalue weighted by Crippen LogP contribution is 2.12. The molecular weight excluding hydrogens is 322 g/mol. The van der Waals surface area contributed by atoms with Gasteiger partial charge in [-0.1, -0.05) is 64.7 Å². The lowest BCUT2D eigenvalue weighted by molar-refractivity contribution is -0.108. The van der Waals surface area contributed by atoms with Gasteiger partial charge in [-0.15, -0.1) is 12.4 Å². The van der Waals surface area contributed by atoms with Crippen molar-refractivity contribution in [2.45, 2.75) is 103 Å². The van der Waals surface area contributed by atoms with Crippen molar-refractivity contribution in [3.05, 3.63) is 0 Å². The number of ether oxygens (including phenoxy) is 1. The smallest absolute Gasteiger partial charge is 0.119 e. The number of carbonyl (C=O) groups excluding carboxylic acids is 1. The van der Waals surface area contributed by atoms with Crippen LogP contribution in [0, 0.1) is 0 Å². The molecule has 146 valence electrons. The van der Waals surface area contributed by atoms with Crippen LogP contribution >= 0.6 is 12.4 Å². The first kappa shape index (κ1) is 26.1. The molecule has 0 N–H and O–H groups in total. The van der Waals surface area contributed by atoms with Crippen LogP contribution in [0.4, 0.5) is 0 Å². The molecule has 0 saturated carbocycles. The molecule has 0 rings (SSSR count). The molecule has 1 atom stereocenters. The molecule has 0 bridgehead atoms. The predicted octanol–water partition coefficient (Wildman–Crippen LogP) is 5.99. The van der Waals surface area contributed by atoms with E-state index in [1.165, 1.54) is 64.2 Å². The van der Waals surface area contributed by atoms with Gasteiger partial charge in [-0.2, -0.15) is 0 Å². The maximum atomic E-state index is 10.3. The first-order valence-electron chi connectivity index (χ1n) is 9.94. The number of rotatable bonds is 18. The van der Waals surface area contributed by atoms with Crippen LogP contribution in [0.3, 0.4) is 0 Å². The lowest BCUT2D eigenvalue weighted by Crippen LogP contribution is -2.31. The summed E-state index contributed by atoms with van der Waals surface area (Å²) >= 11 is 0. The van der Waals surface area contributed by atoms with Crippen molar-refractivity contribution in [3.63, 3.8) is 0 Å². The van der Waals surface area contributed by atoms with E-state index < -0.39 is 0 Å². The van der Waals surface area contributed by atoms with Gasteiger partial charge in [0.05, 0.1) is 0 Å². The van der Waals surface area contributed by atoms with E-state index in [2.05, 4.69) is 25.9 Å². The number of nitrogens with zero attached hydrogens (tertiary/aromatic N) is 1. The summed E-state index contributed by atoms with van der Waals surface area (Å²) in [5.74, 6) is 0. The van der Waals surface area contributed by atoms with Crippen molar-refractivity contribution < 1.29 is 9.53 Å². The van der Waals surface area contributed by atoms with Gasteiger partial charge >= 0.3 is 0 Å². The van der Waals surface area contributed by atoms with E-state index in [1.807, 2.05) is 0 Å². The van der Waals surface area contributed by atoms with Crippen molar-refractivity contribution in [2.75, 3.05) is 20.7 Å². The van der Waals surface area contributed by atoms with Gasteiger partial charge in [-0.3, -0.25) is 4.90 Å². The van der Waals surface area contributed by atoms with Crippen LogP contribution in [0.2, 0.25) is 0 Å². The second-order valence-corrected chi connectivity index (χ2v) is 6.92. The molecular formula is C20H42ClNO2. The molecule has 0 aliphatic heterocycles. The molecule has 0 aliphatic carbocycles. The summed E-state index contributed by atoms with van der Waals surface area (Å²) in [6.45, 7) is 3.14. The van der Waals surface area contributed by atoms with Gasteiger partial charge in [0.2, 0.25) is 0 Å². The number of halogens is 1. The summed E-state index contributed by atoms with van der Waals surface area (Å²) in [6, 6.07) is 0. The van der Waals surface area contributed by atoms with Gasteiger partial charge in [0.1, 0.15) is 12.5 Å². The normalized spacial score (nSPS) is 12.2. The highest BCUT2D eigenvalue weighted by Gasteiger charge is 2.10. The Morgan fingerprint density at radius 1 is 0.833 bits per heavy atom. The standard InChI is InChI=1S/C20H41NO2.ClH/c1-4-5-6-7-8-9-10-11-12-16-19-23-20(21(2)3)17-14-13-15-18-22;/h18,20H,4-17,19H2,1-3H3;1H. The summed E-state index contributed by atoms with van der Waals surface area (Å²) in [5, 5.41) is 0. The highest BCUT2D eigenvalue weighted by atomic mass is 35.5. The molecule has 0 aromatic carbocycles. The molecule has 0 spiro atoms. The van der Waals surface area contributed by atoms with Crippen molar-refractivity contribution in [1.82, 2.24) is 4.90 Å². The molecule has 4 heteroatoms. The quantitative estimate of drug-likeness (QED) is 0.170. The summed E-state index contributed by atoms with van der Waals surface area (Å²) in [4.78, 5) is 12.5. The summed E-state index contributed by atoms with van der Waals surface area (Å²) in [7, 11) is 4.14. The van der Waals surface area contributed by atoms with Gasteiger partial charge in [0, 0.05) is 13.0 Å². The molecule has 0 fully saturated rings. The van der Waals surface area contributed by atoms with E-state index in [4.69, 9.17) is 4.74 Å². The van der Waals surface area contributed by atoms with Gasteiger partial charge in [0.15, 0.2) is 0 Å². The van der Waals surface area contributed by atoms with E-state index in [9.17, 15) is 4.79 Å². The minimum Gasteiger partial charge on any atom is -0.363 e. The average molecular weight is 364 g/mol. The zero-order chi connectivity index (χ0) is 17.2. The number of carbonyl (C=O) groups is 1. The van der Waals surface area contributed by atoms with Crippen molar-refractivity contribution in [1.29, 1.82) is 0 Å². The third kappa shape index (κ3) is 18.2. The van der Waals surface area contributed by atoms with Gasteiger partial charge in [-0.05, 0) is 39.8 Å². The Hall–Kier alpha value is -0.120. The number of hydrogen-bond donors (Lipinski definition) is 0. The van der Waals surface area contributed by atoms with Crippen LogP contribution in [0.15, 0.2) is 0 Å². The van der Waals surface area contributed by atoms with E-state index in [0.717, 1.165) is 32.2 Å². The Labute approximate surface area is 157 Å². The average Bonchev–Trinajstić information content (AvgIpc) is 2.54. The van der Waals surface area contributed by atoms with Crippen LogP contribution in [0.5, 0.6) is 0 Å². The van der Waals surface area contributed by atoms with Crippen molar-refractivity contribution >= 4 is 18.7 Å². The lowest BCUT2D eigenvalue weighted by atomic mass is 10.1. The monoisotopic (exact) mass is 363 g/mol. The Bertz CT molecular complexity index is 250. The molecule has 0 saturated heterocycles. The van der Waals surface area contributed by atoms with Gasteiger partial charge in [0.25, 0.3) is 0 Å². The summed E-state index contributed by atoms with van der Waals surface area (Å²) < 4.78 is 5.99. The Balaban J connectivity index is 0.